The van der Waals surface area contributed by atoms with E-state index in [-0.39, 0.29) is 11.7 Å². The summed E-state index contributed by atoms with van der Waals surface area (Å²) in [4.78, 5) is 18.8. The lowest BCUT2D eigenvalue weighted by atomic mass is 10.1. The molecule has 1 unspecified atom stereocenters. The summed E-state index contributed by atoms with van der Waals surface area (Å²) in [5.74, 6) is 0.863. The molecule has 156 valence electrons. The smallest absolute Gasteiger partial charge is 0.220 e. The number of nitrogens with zero attached hydrogens (tertiary/aromatic N) is 2. The van der Waals surface area contributed by atoms with E-state index < -0.39 is 0 Å². The predicted molar refractivity (Wildman–Crippen MR) is 118 cm³/mol. The van der Waals surface area contributed by atoms with Crippen molar-refractivity contribution < 1.29 is 13.6 Å². The van der Waals surface area contributed by atoms with Crippen LogP contribution in [0.1, 0.15) is 18.7 Å². The van der Waals surface area contributed by atoms with Gasteiger partial charge in [0.1, 0.15) is 5.82 Å². The van der Waals surface area contributed by atoms with E-state index in [0.717, 1.165) is 24.0 Å². The van der Waals surface area contributed by atoms with Gasteiger partial charge in [-0.3, -0.25) is 4.79 Å². The number of halogens is 2. The quantitative estimate of drug-likeness (QED) is 0.536. The van der Waals surface area contributed by atoms with Crippen LogP contribution in [0.15, 0.2) is 63.6 Å². The minimum Gasteiger partial charge on any atom is -0.441 e. The minimum absolute atomic E-state index is 0.0263. The molecule has 3 aromatic rings. The summed E-state index contributed by atoms with van der Waals surface area (Å²) in [5, 5.41) is 3.02. The summed E-state index contributed by atoms with van der Waals surface area (Å²) < 4.78 is 20.5. The summed E-state index contributed by atoms with van der Waals surface area (Å²) in [6, 6.07) is 14.7. The summed E-state index contributed by atoms with van der Waals surface area (Å²) >= 11 is 3.51. The first-order valence-corrected chi connectivity index (χ1v) is 10.8. The molecule has 1 amide bonds. The van der Waals surface area contributed by atoms with Crippen molar-refractivity contribution in [2.75, 3.05) is 24.5 Å². The zero-order chi connectivity index (χ0) is 20.9. The lowest BCUT2D eigenvalue weighted by Gasteiger charge is -2.19. The molecule has 7 heteroatoms. The van der Waals surface area contributed by atoms with Crippen molar-refractivity contribution in [3.8, 4) is 11.3 Å². The van der Waals surface area contributed by atoms with Crippen LogP contribution < -0.4 is 10.2 Å². The Morgan fingerprint density at radius 1 is 1.27 bits per heavy atom. The Morgan fingerprint density at radius 3 is 2.97 bits per heavy atom. The van der Waals surface area contributed by atoms with Crippen LogP contribution >= 0.6 is 15.9 Å². The highest BCUT2D eigenvalue weighted by Crippen LogP contribution is 2.26. The van der Waals surface area contributed by atoms with Gasteiger partial charge in [-0.15, -0.1) is 0 Å². The van der Waals surface area contributed by atoms with Gasteiger partial charge in [-0.2, -0.15) is 0 Å². The Bertz CT molecular complexity index is 1020. The number of nitrogens with one attached hydrogen (secondary N) is 1. The molecule has 30 heavy (non-hydrogen) atoms. The predicted octanol–water partition coefficient (Wildman–Crippen LogP) is 4.82. The van der Waals surface area contributed by atoms with Crippen LogP contribution in [0.2, 0.25) is 0 Å². The fraction of sp³-hybridized carbons (Fsp3) is 0.304. The van der Waals surface area contributed by atoms with E-state index in [2.05, 4.69) is 43.3 Å². The van der Waals surface area contributed by atoms with Gasteiger partial charge >= 0.3 is 0 Å². The van der Waals surface area contributed by atoms with E-state index >= 15 is 0 Å². The number of anilines is 1. The molecule has 0 saturated carbocycles. The van der Waals surface area contributed by atoms with E-state index in [1.54, 1.807) is 18.2 Å². The van der Waals surface area contributed by atoms with Crippen molar-refractivity contribution in [2.24, 2.45) is 5.92 Å². The second-order valence-corrected chi connectivity index (χ2v) is 8.40. The van der Waals surface area contributed by atoms with Gasteiger partial charge in [0.25, 0.3) is 0 Å². The number of rotatable bonds is 7. The number of carbonyl (C=O) groups is 1. The standard InChI is InChI=1S/C23H23BrFN3O2/c24-17-4-3-5-18(12-17)28-11-10-16(15-28)13-26-22(29)8-9-23-27-14-21(30-23)19-6-1-2-7-20(19)25/h1-7,12,14,16H,8-11,13,15H2,(H,26,29). The van der Waals surface area contributed by atoms with Crippen LogP contribution in [0, 0.1) is 11.7 Å². The third-order valence-corrected chi connectivity index (χ3v) is 5.80. The van der Waals surface area contributed by atoms with E-state index in [1.165, 1.54) is 18.0 Å². The van der Waals surface area contributed by atoms with Crippen molar-refractivity contribution in [1.82, 2.24) is 10.3 Å². The molecule has 1 aliphatic rings. The third kappa shape index (κ3) is 5.08. The number of carbonyl (C=O) groups excluding carboxylic acids is 1. The van der Waals surface area contributed by atoms with Gasteiger partial charge in [-0.1, -0.05) is 34.1 Å². The van der Waals surface area contributed by atoms with Gasteiger partial charge in [-0.25, -0.2) is 9.37 Å². The van der Waals surface area contributed by atoms with Gasteiger partial charge in [-0.05, 0) is 42.7 Å². The Kier molecular flexibility index (Phi) is 6.47. The average molecular weight is 472 g/mol. The summed E-state index contributed by atoms with van der Waals surface area (Å²) in [6.07, 6.45) is 3.23. The van der Waals surface area contributed by atoms with Crippen molar-refractivity contribution in [3.05, 3.63) is 70.9 Å². The van der Waals surface area contributed by atoms with Crippen LogP contribution in [-0.4, -0.2) is 30.5 Å². The molecule has 1 saturated heterocycles. The van der Waals surface area contributed by atoms with Crippen molar-refractivity contribution in [2.45, 2.75) is 19.3 Å². The maximum absolute atomic E-state index is 13.8. The number of oxazole rings is 1. The van der Waals surface area contributed by atoms with E-state index in [9.17, 15) is 9.18 Å². The first-order chi connectivity index (χ1) is 14.6. The normalized spacial score (nSPS) is 16.1. The zero-order valence-electron chi connectivity index (χ0n) is 16.5. The molecule has 4 rings (SSSR count). The zero-order valence-corrected chi connectivity index (χ0v) is 18.1. The maximum Gasteiger partial charge on any atom is 0.220 e. The lowest BCUT2D eigenvalue weighted by Crippen LogP contribution is -2.31. The largest absolute Gasteiger partial charge is 0.441 e. The minimum atomic E-state index is -0.355. The second kappa shape index (κ2) is 9.43. The summed E-state index contributed by atoms with van der Waals surface area (Å²) in [7, 11) is 0. The van der Waals surface area contributed by atoms with Crippen LogP contribution in [-0.2, 0) is 11.2 Å². The van der Waals surface area contributed by atoms with Crippen LogP contribution in [0.5, 0.6) is 0 Å². The fourth-order valence-electron chi connectivity index (χ4n) is 3.69. The van der Waals surface area contributed by atoms with Crippen molar-refractivity contribution in [3.63, 3.8) is 0 Å². The summed E-state index contributed by atoms with van der Waals surface area (Å²) in [6.45, 7) is 2.59. The molecule has 1 atom stereocenters. The van der Waals surface area contributed by atoms with Gasteiger partial charge < -0.3 is 14.6 Å². The second-order valence-electron chi connectivity index (χ2n) is 7.48. The van der Waals surface area contributed by atoms with Crippen LogP contribution in [0.4, 0.5) is 10.1 Å². The Labute approximate surface area is 183 Å². The fourth-order valence-corrected chi connectivity index (χ4v) is 4.07. The van der Waals surface area contributed by atoms with Crippen LogP contribution in [0.25, 0.3) is 11.3 Å². The van der Waals surface area contributed by atoms with Crippen molar-refractivity contribution >= 4 is 27.5 Å². The molecular weight excluding hydrogens is 449 g/mol. The highest BCUT2D eigenvalue weighted by atomic mass is 79.9. The molecular formula is C23H23BrFN3O2. The molecule has 5 nitrogen and oxygen atoms in total. The highest BCUT2D eigenvalue weighted by Gasteiger charge is 2.23. The number of amides is 1. The molecule has 1 N–H and O–H groups in total. The number of aryl methyl sites for hydroxylation is 1. The number of aromatic nitrogens is 1. The van der Waals surface area contributed by atoms with Crippen LogP contribution in [0.3, 0.4) is 0 Å². The first kappa shape index (κ1) is 20.6. The molecule has 0 bridgehead atoms. The van der Waals surface area contributed by atoms with Gasteiger partial charge in [0.05, 0.1) is 11.8 Å². The molecule has 1 aliphatic heterocycles. The van der Waals surface area contributed by atoms with Crippen molar-refractivity contribution in [1.29, 1.82) is 0 Å². The van der Waals surface area contributed by atoms with E-state index in [1.807, 2.05) is 12.1 Å². The molecule has 0 radical (unpaired) electrons. The lowest BCUT2D eigenvalue weighted by molar-refractivity contribution is -0.121. The Morgan fingerprint density at radius 2 is 2.13 bits per heavy atom. The molecule has 2 heterocycles. The van der Waals surface area contributed by atoms with Gasteiger partial charge in [0, 0.05) is 42.6 Å². The SMILES string of the molecule is O=C(CCc1ncc(-c2ccccc2F)o1)NCC1CCN(c2cccc(Br)c2)C1. The highest BCUT2D eigenvalue weighted by molar-refractivity contribution is 9.10. The number of benzene rings is 2. The Hall–Kier alpha value is -2.67. The maximum atomic E-state index is 13.8. The number of hydrogen-bond donors (Lipinski definition) is 1. The molecule has 2 aromatic carbocycles. The van der Waals surface area contributed by atoms with Gasteiger partial charge in [0.2, 0.25) is 5.91 Å². The molecule has 1 aromatic heterocycles. The average Bonchev–Trinajstić information content (AvgIpc) is 3.41. The first-order valence-electron chi connectivity index (χ1n) is 10.1. The molecule has 1 fully saturated rings. The third-order valence-electron chi connectivity index (χ3n) is 5.31. The number of hydrogen-bond acceptors (Lipinski definition) is 4. The monoisotopic (exact) mass is 471 g/mol. The summed E-state index contributed by atoms with van der Waals surface area (Å²) in [5.41, 5.74) is 1.57. The molecule has 0 aliphatic carbocycles. The Balaban J connectivity index is 1.22. The molecule has 0 spiro atoms. The topological polar surface area (TPSA) is 58.4 Å². The van der Waals surface area contributed by atoms with Gasteiger partial charge in [0.15, 0.2) is 11.7 Å². The van der Waals surface area contributed by atoms with E-state index in [4.69, 9.17) is 4.42 Å². The van der Waals surface area contributed by atoms with E-state index in [0.29, 0.717) is 42.5 Å².